The minimum absolute atomic E-state index is 0.00434. The highest BCUT2D eigenvalue weighted by Gasteiger charge is 2.34. The average molecular weight is 424 g/mol. The van der Waals surface area contributed by atoms with Crippen LogP contribution in [0.4, 0.5) is 0 Å². The summed E-state index contributed by atoms with van der Waals surface area (Å²) in [5.41, 5.74) is 9.10. The molecule has 1 aromatic heterocycles. The lowest BCUT2D eigenvalue weighted by Gasteiger charge is -2.39. The molecule has 3 rings (SSSR count). The number of benzene rings is 1. The van der Waals surface area contributed by atoms with Crippen molar-refractivity contribution in [1.82, 2.24) is 4.57 Å². The zero-order chi connectivity index (χ0) is 22.9. The Balaban J connectivity index is 2.32. The van der Waals surface area contributed by atoms with Crippen molar-refractivity contribution in [3.8, 4) is 17.0 Å². The smallest absolute Gasteiger partial charge is 0.343 e. The minimum atomic E-state index is -0.613. The van der Waals surface area contributed by atoms with Crippen LogP contribution in [0.15, 0.2) is 35.4 Å². The third kappa shape index (κ3) is 4.00. The molecular weight excluding hydrogens is 394 g/mol. The van der Waals surface area contributed by atoms with E-state index in [1.807, 2.05) is 16.7 Å². The Morgan fingerprint density at radius 1 is 1.29 bits per heavy atom. The molecule has 2 aromatic rings. The number of carbonyl (C=O) groups excluding carboxylic acids is 1. The maximum Gasteiger partial charge on any atom is 0.343 e. The first-order valence-electron chi connectivity index (χ1n) is 10.2. The van der Waals surface area contributed by atoms with Crippen LogP contribution in [0.25, 0.3) is 16.8 Å². The molecule has 164 valence electrons. The zero-order valence-corrected chi connectivity index (χ0v) is 18.6. The second-order valence-corrected chi connectivity index (χ2v) is 8.63. The van der Waals surface area contributed by atoms with Crippen LogP contribution in [0, 0.1) is 10.8 Å². The van der Waals surface area contributed by atoms with Crippen molar-refractivity contribution in [3.05, 3.63) is 57.5 Å². The molecular formula is C24H29N3O4. The number of nitrogens with one attached hydrogen (secondary N) is 1. The number of nitrogens with two attached hydrogens (primary N) is 1. The van der Waals surface area contributed by atoms with Gasteiger partial charge >= 0.3 is 5.97 Å². The summed E-state index contributed by atoms with van der Waals surface area (Å²) in [6.45, 7) is 8.30. The molecule has 7 nitrogen and oxygen atoms in total. The number of allylic oxidation sites excluding steroid dienone is 1. The number of methoxy groups -OCH3 is 1. The van der Waals surface area contributed by atoms with Crippen LogP contribution < -0.4 is 15.9 Å². The summed E-state index contributed by atoms with van der Waals surface area (Å²) in [6.07, 6.45) is 4.88. The first kappa shape index (κ1) is 22.3. The van der Waals surface area contributed by atoms with E-state index in [-0.39, 0.29) is 29.1 Å². The Morgan fingerprint density at radius 3 is 2.55 bits per heavy atom. The Labute approximate surface area is 182 Å². The largest absolute Gasteiger partial charge is 0.496 e. The first-order chi connectivity index (χ1) is 14.7. The van der Waals surface area contributed by atoms with Gasteiger partial charge in [0.25, 0.3) is 0 Å². The van der Waals surface area contributed by atoms with Crippen molar-refractivity contribution in [3.63, 3.8) is 0 Å². The van der Waals surface area contributed by atoms with Crippen LogP contribution >= 0.6 is 0 Å². The molecule has 0 saturated heterocycles. The molecule has 0 amide bonds. The fourth-order valence-corrected chi connectivity index (χ4v) is 4.06. The van der Waals surface area contributed by atoms with Crippen molar-refractivity contribution in [1.29, 1.82) is 5.41 Å². The van der Waals surface area contributed by atoms with Crippen molar-refractivity contribution in [2.24, 2.45) is 11.1 Å². The van der Waals surface area contributed by atoms with Gasteiger partial charge in [0.1, 0.15) is 11.3 Å². The van der Waals surface area contributed by atoms with E-state index in [4.69, 9.17) is 20.6 Å². The fourth-order valence-electron chi connectivity index (χ4n) is 4.06. The van der Waals surface area contributed by atoms with E-state index in [1.165, 1.54) is 18.5 Å². The van der Waals surface area contributed by atoms with Gasteiger partial charge in [-0.15, -0.1) is 0 Å². The van der Waals surface area contributed by atoms with E-state index < -0.39 is 5.97 Å². The highest BCUT2D eigenvalue weighted by atomic mass is 16.5. The van der Waals surface area contributed by atoms with Gasteiger partial charge in [0.2, 0.25) is 0 Å². The molecule has 0 saturated carbocycles. The Bertz CT molecular complexity index is 1120. The quantitative estimate of drug-likeness (QED) is 0.562. The third-order valence-corrected chi connectivity index (χ3v) is 5.67. The van der Waals surface area contributed by atoms with E-state index in [2.05, 4.69) is 20.8 Å². The lowest BCUT2D eigenvalue weighted by molar-refractivity contribution is 0.0523. The van der Waals surface area contributed by atoms with Crippen molar-refractivity contribution >= 4 is 17.8 Å². The normalized spacial score (nSPS) is 15.6. The number of rotatable bonds is 5. The summed E-state index contributed by atoms with van der Waals surface area (Å²) in [5, 5.41) is 7.67. The van der Waals surface area contributed by atoms with Gasteiger partial charge in [-0.05, 0) is 36.5 Å². The molecule has 0 aliphatic carbocycles. The van der Waals surface area contributed by atoms with Crippen LogP contribution in [0.5, 0.6) is 5.75 Å². The van der Waals surface area contributed by atoms with Gasteiger partial charge < -0.3 is 25.2 Å². The molecule has 7 heteroatoms. The molecule has 0 bridgehead atoms. The fraction of sp³-hybridized carbons (Fsp3) is 0.375. The first-order valence-corrected chi connectivity index (χ1v) is 10.2. The second-order valence-electron chi connectivity index (χ2n) is 8.63. The number of aromatic nitrogens is 1. The van der Waals surface area contributed by atoms with Gasteiger partial charge in [-0.1, -0.05) is 20.8 Å². The standard InChI is InChI=1S/C24H29N3O4/c1-6-31-23(29)18-13-27-19(10-20(18)28)16-9-21(30-5)17(15(11-25)12-26)7-14(16)8-22(27)24(2,3)4/h7,9-13,22,25H,6,8,26H2,1-5H3/b15-12+,25-11?. The van der Waals surface area contributed by atoms with E-state index in [1.54, 1.807) is 20.2 Å². The van der Waals surface area contributed by atoms with Gasteiger partial charge in [-0.2, -0.15) is 0 Å². The van der Waals surface area contributed by atoms with Crippen LogP contribution in [0.1, 0.15) is 55.2 Å². The second kappa shape index (κ2) is 8.41. The number of carbonyl (C=O) groups is 1. The Hall–Kier alpha value is -3.35. The summed E-state index contributed by atoms with van der Waals surface area (Å²) >= 11 is 0. The van der Waals surface area contributed by atoms with Crippen molar-refractivity contribution in [2.45, 2.75) is 40.2 Å². The van der Waals surface area contributed by atoms with E-state index >= 15 is 0 Å². The third-order valence-electron chi connectivity index (χ3n) is 5.67. The number of hydrogen-bond acceptors (Lipinski definition) is 6. The molecule has 31 heavy (non-hydrogen) atoms. The molecule has 0 spiro atoms. The van der Waals surface area contributed by atoms with Crippen LogP contribution in [0.2, 0.25) is 0 Å². The predicted molar refractivity (Wildman–Crippen MR) is 122 cm³/mol. The average Bonchev–Trinajstić information content (AvgIpc) is 2.72. The van der Waals surface area contributed by atoms with Gasteiger partial charge in [0, 0.05) is 47.4 Å². The van der Waals surface area contributed by atoms with Gasteiger partial charge in [0.15, 0.2) is 5.43 Å². The Morgan fingerprint density at radius 2 is 2.00 bits per heavy atom. The number of nitrogens with zero attached hydrogens (tertiary/aromatic N) is 1. The maximum absolute atomic E-state index is 12.8. The molecule has 3 N–H and O–H groups in total. The summed E-state index contributed by atoms with van der Waals surface area (Å²) in [6, 6.07) is 5.34. The molecule has 1 unspecified atom stereocenters. The summed E-state index contributed by atoms with van der Waals surface area (Å²) in [4.78, 5) is 25.1. The molecule has 1 aromatic carbocycles. The van der Waals surface area contributed by atoms with E-state index in [9.17, 15) is 9.59 Å². The topological polar surface area (TPSA) is 107 Å². The molecule has 0 fully saturated rings. The molecule has 1 aliphatic rings. The number of pyridine rings is 1. The number of esters is 1. The van der Waals surface area contributed by atoms with Gasteiger partial charge in [-0.3, -0.25) is 4.79 Å². The summed E-state index contributed by atoms with van der Waals surface area (Å²) in [5.74, 6) is -0.0560. The number of fused-ring (bicyclic) bond motifs is 3. The monoisotopic (exact) mass is 423 g/mol. The molecule has 2 heterocycles. The highest BCUT2D eigenvalue weighted by Crippen LogP contribution is 2.44. The van der Waals surface area contributed by atoms with E-state index in [0.29, 0.717) is 17.7 Å². The van der Waals surface area contributed by atoms with Crippen LogP contribution in [0.3, 0.4) is 0 Å². The predicted octanol–water partition coefficient (Wildman–Crippen LogP) is 3.79. The zero-order valence-electron chi connectivity index (χ0n) is 18.6. The maximum atomic E-state index is 12.8. The number of hydrogen-bond donors (Lipinski definition) is 2. The lowest BCUT2D eigenvalue weighted by atomic mass is 9.78. The lowest BCUT2D eigenvalue weighted by Crippen LogP contribution is -2.33. The van der Waals surface area contributed by atoms with Gasteiger partial charge in [0.05, 0.1) is 19.4 Å². The van der Waals surface area contributed by atoms with Crippen molar-refractivity contribution in [2.75, 3.05) is 13.7 Å². The van der Waals surface area contributed by atoms with E-state index in [0.717, 1.165) is 22.4 Å². The van der Waals surface area contributed by atoms with Crippen molar-refractivity contribution < 1.29 is 14.3 Å². The van der Waals surface area contributed by atoms with Gasteiger partial charge in [-0.25, -0.2) is 4.79 Å². The molecule has 0 radical (unpaired) electrons. The van der Waals surface area contributed by atoms with Crippen LogP contribution in [-0.2, 0) is 11.2 Å². The minimum Gasteiger partial charge on any atom is -0.496 e. The SMILES string of the molecule is CCOC(=O)c1cn2c(cc1=O)-c1cc(OC)c(/C(C=N)=C/N)cc1CC2C(C)(C)C. The Kier molecular flexibility index (Phi) is 6.06. The number of ether oxygens (including phenoxy) is 2. The molecule has 1 atom stereocenters. The summed E-state index contributed by atoms with van der Waals surface area (Å²) < 4.78 is 12.7. The van der Waals surface area contributed by atoms with Crippen LogP contribution in [-0.4, -0.2) is 30.5 Å². The highest BCUT2D eigenvalue weighted by molar-refractivity contribution is 6.09. The molecule has 1 aliphatic heterocycles. The summed E-state index contributed by atoms with van der Waals surface area (Å²) in [7, 11) is 1.56.